The summed E-state index contributed by atoms with van der Waals surface area (Å²) in [6.45, 7) is 23.5. The molecule has 0 aliphatic carbocycles. The van der Waals surface area contributed by atoms with Gasteiger partial charge in [0.25, 0.3) is 0 Å². The van der Waals surface area contributed by atoms with Crippen molar-refractivity contribution in [2.75, 3.05) is 43.5 Å². The van der Waals surface area contributed by atoms with Gasteiger partial charge in [-0.25, -0.2) is 19.4 Å². The van der Waals surface area contributed by atoms with Gasteiger partial charge in [0, 0.05) is 36.4 Å². The molecule has 1 atom stereocenters. The number of nitrogens with one attached hydrogen (secondary N) is 1. The van der Waals surface area contributed by atoms with Gasteiger partial charge in [0.1, 0.15) is 17.5 Å². The number of piperidine rings is 1. The van der Waals surface area contributed by atoms with Crippen molar-refractivity contribution in [1.29, 1.82) is 5.26 Å². The lowest BCUT2D eigenvalue weighted by Crippen LogP contribution is -2.46. The van der Waals surface area contributed by atoms with Crippen molar-refractivity contribution >= 4 is 31.9 Å². The van der Waals surface area contributed by atoms with Crippen molar-refractivity contribution in [1.82, 2.24) is 24.6 Å². The van der Waals surface area contributed by atoms with Crippen LogP contribution >= 0.6 is 0 Å². The zero-order chi connectivity index (χ0) is 35.2. The third-order valence-electron chi connectivity index (χ3n) is 9.91. The zero-order valence-electron chi connectivity index (χ0n) is 30.6. The number of carbonyl (C=O) groups is 1. The van der Waals surface area contributed by atoms with Crippen LogP contribution in [0.1, 0.15) is 84.2 Å². The van der Waals surface area contributed by atoms with Gasteiger partial charge in [-0.1, -0.05) is 27.7 Å². The van der Waals surface area contributed by atoms with E-state index in [1.165, 1.54) is 0 Å². The number of amides is 1. The van der Waals surface area contributed by atoms with Gasteiger partial charge in [-0.3, -0.25) is 4.90 Å². The largest absolute Gasteiger partial charge is 0.443 e. The maximum Gasteiger partial charge on any atom is 0.414 e. The van der Waals surface area contributed by atoms with Crippen molar-refractivity contribution in [2.45, 2.75) is 103 Å². The number of aryl methyl sites for hydroxylation is 1. The number of anilines is 3. The molecule has 1 amide bonds. The van der Waals surface area contributed by atoms with E-state index < -0.39 is 25.4 Å². The molecule has 2 aliphatic rings. The number of nitrogens with zero attached hydrogens (tertiary/aromatic N) is 7. The Morgan fingerprint density at radius 2 is 1.83 bits per heavy atom. The molecule has 0 spiro atoms. The van der Waals surface area contributed by atoms with E-state index in [9.17, 15) is 10.1 Å². The second-order valence-electron chi connectivity index (χ2n) is 16.2. The predicted octanol–water partition coefficient (Wildman–Crippen LogP) is 7.57. The highest BCUT2D eigenvalue weighted by Crippen LogP contribution is 2.47. The topological polar surface area (TPSA) is 121 Å². The van der Waals surface area contributed by atoms with E-state index in [1.807, 2.05) is 39.8 Å². The number of likely N-dealkylation sites (tertiary alicyclic amines) is 1. The van der Waals surface area contributed by atoms with Gasteiger partial charge < -0.3 is 19.4 Å². The number of aromatic nitrogens is 4. The Labute approximate surface area is 286 Å². The number of carbonyl (C=O) groups excluding carboxylic acids is 1. The molecule has 48 heavy (non-hydrogen) atoms. The molecule has 0 radical (unpaired) electrons. The first-order valence-corrected chi connectivity index (χ1v) is 19.8. The van der Waals surface area contributed by atoms with Crippen LogP contribution in [0.15, 0.2) is 30.5 Å². The highest BCUT2D eigenvalue weighted by atomic mass is 28.4. The van der Waals surface area contributed by atoms with Gasteiger partial charge in [0.2, 0.25) is 5.95 Å². The van der Waals surface area contributed by atoms with Gasteiger partial charge in [-0.15, -0.1) is 0 Å². The molecular formula is C36H52N8O3Si. The minimum Gasteiger partial charge on any atom is -0.443 e. The van der Waals surface area contributed by atoms with Crippen molar-refractivity contribution in [2.24, 2.45) is 0 Å². The SMILES string of the molecule is Cc1cc(Nc2nccc(-c3cc(C#N)c4c(c3)[C@@](C)(CO[Si](C)(C)C(C)(C)C)CN4C(=O)OC(C)(C)C)n2)n(C2CCN(C)CC2)n1. The number of nitriles is 1. The Hall–Kier alpha value is -3.79. The number of fused-ring (bicyclic) bond motifs is 1. The summed E-state index contributed by atoms with van der Waals surface area (Å²) in [5.41, 5.74) is 2.90. The van der Waals surface area contributed by atoms with E-state index >= 15 is 0 Å². The molecule has 11 nitrogen and oxygen atoms in total. The molecule has 258 valence electrons. The molecule has 1 aromatic carbocycles. The van der Waals surface area contributed by atoms with Gasteiger partial charge >= 0.3 is 6.09 Å². The summed E-state index contributed by atoms with van der Waals surface area (Å²) in [6, 6.07) is 10.4. The molecule has 1 fully saturated rings. The van der Waals surface area contributed by atoms with Crippen molar-refractivity contribution in [3.8, 4) is 17.3 Å². The molecule has 0 unspecified atom stereocenters. The second-order valence-corrected chi connectivity index (χ2v) is 21.1. The third kappa shape index (κ3) is 7.43. The zero-order valence-corrected chi connectivity index (χ0v) is 31.6. The molecule has 2 aliphatic heterocycles. The van der Waals surface area contributed by atoms with Crippen LogP contribution in [0.2, 0.25) is 18.1 Å². The van der Waals surface area contributed by atoms with E-state index in [1.54, 1.807) is 17.2 Å². The number of ether oxygens (including phenoxy) is 1. The first-order chi connectivity index (χ1) is 22.3. The molecule has 5 rings (SSSR count). The number of rotatable bonds is 7. The first-order valence-electron chi connectivity index (χ1n) is 16.9. The van der Waals surface area contributed by atoms with Gasteiger partial charge in [0.15, 0.2) is 8.32 Å². The van der Waals surface area contributed by atoms with Crippen LogP contribution in [0.3, 0.4) is 0 Å². The molecule has 1 N–H and O–H groups in total. The van der Waals surface area contributed by atoms with E-state index in [0.29, 0.717) is 42.1 Å². The maximum atomic E-state index is 13.6. The van der Waals surface area contributed by atoms with Crippen LogP contribution in [0.4, 0.5) is 22.2 Å². The third-order valence-corrected chi connectivity index (χ3v) is 14.4. The van der Waals surface area contributed by atoms with Gasteiger partial charge in [-0.2, -0.15) is 10.4 Å². The fourth-order valence-electron chi connectivity index (χ4n) is 6.11. The second kappa shape index (κ2) is 12.9. The van der Waals surface area contributed by atoms with Crippen LogP contribution < -0.4 is 10.2 Å². The smallest absolute Gasteiger partial charge is 0.414 e. The Balaban J connectivity index is 1.53. The monoisotopic (exact) mass is 672 g/mol. The molecule has 2 aromatic heterocycles. The van der Waals surface area contributed by atoms with Crippen LogP contribution in [-0.2, 0) is 14.6 Å². The lowest BCUT2D eigenvalue weighted by Gasteiger charge is -2.39. The summed E-state index contributed by atoms with van der Waals surface area (Å²) in [6.07, 6.45) is 3.29. The quantitative estimate of drug-likeness (QED) is 0.253. The highest BCUT2D eigenvalue weighted by molar-refractivity contribution is 6.74. The van der Waals surface area contributed by atoms with E-state index in [-0.39, 0.29) is 5.04 Å². The molecule has 1 saturated heterocycles. The first kappa shape index (κ1) is 35.5. The Morgan fingerprint density at radius 3 is 2.46 bits per heavy atom. The normalized spacial score (nSPS) is 19.2. The summed E-state index contributed by atoms with van der Waals surface area (Å²) in [5, 5.41) is 18.7. The Morgan fingerprint density at radius 1 is 1.15 bits per heavy atom. The number of hydrogen-bond acceptors (Lipinski definition) is 9. The fraction of sp³-hybridized carbons (Fsp3) is 0.583. The molecular weight excluding hydrogens is 621 g/mol. The molecule has 4 heterocycles. The summed E-state index contributed by atoms with van der Waals surface area (Å²) >= 11 is 0. The number of hydrogen-bond donors (Lipinski definition) is 1. The van der Waals surface area contributed by atoms with E-state index in [4.69, 9.17) is 19.2 Å². The predicted molar refractivity (Wildman–Crippen MR) is 192 cm³/mol. The fourth-order valence-corrected chi connectivity index (χ4v) is 7.22. The lowest BCUT2D eigenvalue weighted by molar-refractivity contribution is 0.0575. The minimum absolute atomic E-state index is 0.0148. The van der Waals surface area contributed by atoms with Gasteiger partial charge in [-0.05, 0) is 103 Å². The average Bonchev–Trinajstić information content (AvgIpc) is 3.51. The molecule has 0 saturated carbocycles. The van der Waals surface area contributed by atoms with Crippen molar-refractivity contribution in [3.63, 3.8) is 0 Å². The minimum atomic E-state index is -2.13. The van der Waals surface area contributed by atoms with Crippen LogP contribution in [-0.4, -0.2) is 77.9 Å². The van der Waals surface area contributed by atoms with Crippen LogP contribution in [0.5, 0.6) is 0 Å². The summed E-state index contributed by atoms with van der Waals surface area (Å²) in [5.74, 6) is 1.30. The summed E-state index contributed by atoms with van der Waals surface area (Å²) in [4.78, 5) is 27.0. The molecule has 3 aromatic rings. The maximum absolute atomic E-state index is 13.6. The summed E-state index contributed by atoms with van der Waals surface area (Å²) in [7, 11) is 0.0222. The van der Waals surface area contributed by atoms with Crippen molar-refractivity contribution < 1.29 is 14.0 Å². The molecule has 0 bridgehead atoms. The standard InChI is InChI=1S/C36H52N8O3Si/c1-24-18-30(44(41-24)27-13-16-42(9)17-14-27)40-32-38-15-12-29(39-32)25-19-26(21-37)31-28(20-25)36(8,23-46-48(10,11)35(5,6)7)22-43(31)33(45)47-34(2,3)4/h12,15,18-20,27H,13-14,16-17,22-23H2,1-11H3,(H,38,39,40)/t36-/m1/s1. The van der Waals surface area contributed by atoms with Crippen LogP contribution in [0.25, 0.3) is 11.3 Å². The number of benzene rings is 1. The summed E-state index contributed by atoms with van der Waals surface area (Å²) < 4.78 is 14.7. The Bertz CT molecular complexity index is 1710. The molecule has 12 heteroatoms. The van der Waals surface area contributed by atoms with E-state index in [0.717, 1.165) is 48.6 Å². The van der Waals surface area contributed by atoms with Crippen molar-refractivity contribution in [3.05, 3.63) is 47.3 Å². The Kier molecular flexibility index (Phi) is 9.55. The van der Waals surface area contributed by atoms with Gasteiger partial charge in [0.05, 0.1) is 28.7 Å². The van der Waals surface area contributed by atoms with E-state index in [2.05, 4.69) is 79.9 Å². The lowest BCUT2D eigenvalue weighted by atomic mass is 9.83. The highest BCUT2D eigenvalue weighted by Gasteiger charge is 2.47. The van der Waals surface area contributed by atoms with Crippen LogP contribution in [0, 0.1) is 18.3 Å². The average molecular weight is 673 g/mol.